The van der Waals surface area contributed by atoms with Crippen molar-refractivity contribution in [3.8, 4) is 23.0 Å². The Hall–Kier alpha value is -1.41. The van der Waals surface area contributed by atoms with Gasteiger partial charge in [0, 0.05) is 22.7 Å². The molecule has 0 radical (unpaired) electrons. The van der Waals surface area contributed by atoms with E-state index in [9.17, 15) is 4.79 Å². The molecule has 2 aromatic carbocycles. The third-order valence-electron chi connectivity index (χ3n) is 4.32. The summed E-state index contributed by atoms with van der Waals surface area (Å²) >= 11 is 8.61. The second-order valence-corrected chi connectivity index (χ2v) is 9.78. The molecular formula is C24H32ClIO5. The zero-order valence-electron chi connectivity index (χ0n) is 19.1. The van der Waals surface area contributed by atoms with Crippen LogP contribution in [0.4, 0.5) is 0 Å². The molecule has 2 rings (SSSR count). The van der Waals surface area contributed by atoms with E-state index in [1.165, 1.54) is 6.92 Å². The lowest BCUT2D eigenvalue weighted by molar-refractivity contribution is -0.131. The summed E-state index contributed by atoms with van der Waals surface area (Å²) in [5, 5.41) is 1.92. The first-order valence-electron chi connectivity index (χ1n) is 10.8. The SMILES string of the molecule is CCCCCC(I)Oc1c(OC(C)C)c(OC(C)C)c(OC(C)=O)c2cc(Cl)ccc12. The quantitative estimate of drug-likeness (QED) is 0.0923. The summed E-state index contributed by atoms with van der Waals surface area (Å²) in [6, 6.07) is 5.41. The van der Waals surface area contributed by atoms with Crippen molar-refractivity contribution < 1.29 is 23.7 Å². The number of halogens is 2. The van der Waals surface area contributed by atoms with E-state index in [4.69, 9.17) is 30.5 Å². The Morgan fingerprint density at radius 3 is 2.10 bits per heavy atom. The molecule has 0 saturated heterocycles. The van der Waals surface area contributed by atoms with Gasteiger partial charge < -0.3 is 18.9 Å². The number of hydrogen-bond donors (Lipinski definition) is 0. The molecule has 0 aliphatic rings. The lowest BCUT2D eigenvalue weighted by Gasteiger charge is -2.25. The molecule has 1 unspecified atom stereocenters. The summed E-state index contributed by atoms with van der Waals surface area (Å²) in [6.07, 6.45) is 3.98. The molecule has 5 nitrogen and oxygen atoms in total. The minimum Gasteiger partial charge on any atom is -0.484 e. The molecule has 0 bridgehead atoms. The highest BCUT2D eigenvalue weighted by atomic mass is 127. The van der Waals surface area contributed by atoms with Gasteiger partial charge in [-0.15, -0.1) is 0 Å². The van der Waals surface area contributed by atoms with Crippen molar-refractivity contribution in [2.75, 3.05) is 0 Å². The highest BCUT2D eigenvalue weighted by molar-refractivity contribution is 14.1. The van der Waals surface area contributed by atoms with Gasteiger partial charge in [0.25, 0.3) is 0 Å². The maximum atomic E-state index is 11.9. The number of alkyl halides is 1. The molecule has 0 aromatic heterocycles. The lowest BCUT2D eigenvalue weighted by atomic mass is 10.1. The van der Waals surface area contributed by atoms with Gasteiger partial charge in [0.15, 0.2) is 11.5 Å². The Morgan fingerprint density at radius 1 is 0.935 bits per heavy atom. The summed E-state index contributed by atoms with van der Waals surface area (Å²) in [4.78, 5) is 11.9. The number of benzene rings is 2. The standard InChI is InChI=1S/C24H32ClIO5/c1-7-8-9-10-20(26)31-21-18-12-11-17(25)13-19(18)22(30-16(6)27)24(29-15(4)5)23(21)28-14(2)3/h11-15,20H,7-10H2,1-6H3. The topological polar surface area (TPSA) is 54.0 Å². The number of carbonyl (C=O) groups excluding carboxylic acids is 1. The Balaban J connectivity index is 2.76. The Morgan fingerprint density at radius 2 is 1.55 bits per heavy atom. The third kappa shape index (κ3) is 7.31. The fourth-order valence-electron chi connectivity index (χ4n) is 3.14. The summed E-state index contributed by atoms with van der Waals surface area (Å²) < 4.78 is 24.3. The number of fused-ring (bicyclic) bond motifs is 1. The van der Waals surface area contributed by atoms with Crippen molar-refractivity contribution in [2.24, 2.45) is 0 Å². The maximum Gasteiger partial charge on any atom is 0.308 e. The molecule has 172 valence electrons. The molecule has 1 atom stereocenters. The van der Waals surface area contributed by atoms with Gasteiger partial charge in [-0.05, 0) is 81.3 Å². The highest BCUT2D eigenvalue weighted by Crippen LogP contribution is 2.53. The first-order valence-corrected chi connectivity index (χ1v) is 12.4. The van der Waals surface area contributed by atoms with E-state index < -0.39 is 5.97 Å². The van der Waals surface area contributed by atoms with Crippen LogP contribution in [-0.2, 0) is 4.79 Å². The van der Waals surface area contributed by atoms with E-state index in [1.807, 2.05) is 33.8 Å². The molecule has 0 N–H and O–H groups in total. The van der Waals surface area contributed by atoms with Gasteiger partial charge in [-0.1, -0.05) is 31.4 Å². The average molecular weight is 563 g/mol. The van der Waals surface area contributed by atoms with Crippen LogP contribution >= 0.6 is 34.2 Å². The largest absolute Gasteiger partial charge is 0.484 e. The molecule has 0 fully saturated rings. The van der Waals surface area contributed by atoms with Crippen molar-refractivity contribution in [1.82, 2.24) is 0 Å². The van der Waals surface area contributed by atoms with E-state index in [0.29, 0.717) is 27.7 Å². The average Bonchev–Trinajstić information content (AvgIpc) is 2.66. The van der Waals surface area contributed by atoms with Crippen LogP contribution in [0.15, 0.2) is 18.2 Å². The predicted molar refractivity (Wildman–Crippen MR) is 134 cm³/mol. The zero-order chi connectivity index (χ0) is 23.1. The van der Waals surface area contributed by atoms with Crippen LogP contribution in [0.3, 0.4) is 0 Å². The summed E-state index contributed by atoms with van der Waals surface area (Å²) in [7, 11) is 0. The molecule has 0 heterocycles. The van der Waals surface area contributed by atoms with E-state index in [1.54, 1.807) is 12.1 Å². The van der Waals surface area contributed by atoms with Crippen molar-refractivity contribution >= 4 is 50.9 Å². The number of esters is 1. The van der Waals surface area contributed by atoms with Gasteiger partial charge in [-0.3, -0.25) is 4.79 Å². The first kappa shape index (κ1) is 25.8. The normalized spacial score (nSPS) is 12.3. The van der Waals surface area contributed by atoms with Crippen molar-refractivity contribution in [3.63, 3.8) is 0 Å². The molecule has 0 aliphatic carbocycles. The molecule has 0 amide bonds. The first-order chi connectivity index (χ1) is 14.6. The van der Waals surface area contributed by atoms with Crippen LogP contribution in [0.5, 0.6) is 23.0 Å². The lowest BCUT2D eigenvalue weighted by Crippen LogP contribution is -2.16. The van der Waals surface area contributed by atoms with Gasteiger partial charge in [-0.25, -0.2) is 0 Å². The van der Waals surface area contributed by atoms with E-state index >= 15 is 0 Å². The van der Waals surface area contributed by atoms with E-state index in [-0.39, 0.29) is 22.1 Å². The summed E-state index contributed by atoms with van der Waals surface area (Å²) in [6.45, 7) is 11.2. The second-order valence-electron chi connectivity index (χ2n) is 7.96. The molecule has 31 heavy (non-hydrogen) atoms. The number of rotatable bonds is 11. The Bertz CT molecular complexity index is 897. The maximum absolute atomic E-state index is 11.9. The van der Waals surface area contributed by atoms with Crippen LogP contribution in [0.1, 0.15) is 67.2 Å². The van der Waals surface area contributed by atoms with Crippen LogP contribution in [-0.4, -0.2) is 22.3 Å². The van der Waals surface area contributed by atoms with E-state index in [0.717, 1.165) is 31.1 Å². The summed E-state index contributed by atoms with van der Waals surface area (Å²) in [5.74, 6) is 1.19. The zero-order valence-corrected chi connectivity index (χ0v) is 22.0. The molecule has 2 aromatic rings. The number of carbonyl (C=O) groups is 1. The third-order valence-corrected chi connectivity index (χ3v) is 5.43. The number of ether oxygens (including phenoxy) is 4. The predicted octanol–water partition coefficient (Wildman–Crippen LogP) is 7.71. The van der Waals surface area contributed by atoms with Gasteiger partial charge in [0.05, 0.1) is 12.2 Å². The number of unbranched alkanes of at least 4 members (excludes halogenated alkanes) is 2. The Kier molecular flexibility index (Phi) is 10.0. The second kappa shape index (κ2) is 12.0. The van der Waals surface area contributed by atoms with E-state index in [2.05, 4.69) is 29.5 Å². The van der Waals surface area contributed by atoms with Gasteiger partial charge >= 0.3 is 5.97 Å². The van der Waals surface area contributed by atoms with Crippen molar-refractivity contribution in [3.05, 3.63) is 23.2 Å². The molecule has 0 spiro atoms. The molecule has 0 aliphatic heterocycles. The fourth-order valence-corrected chi connectivity index (χ4v) is 4.01. The Labute approximate surface area is 203 Å². The van der Waals surface area contributed by atoms with Crippen LogP contribution < -0.4 is 18.9 Å². The minimum atomic E-state index is -0.453. The smallest absolute Gasteiger partial charge is 0.308 e. The van der Waals surface area contributed by atoms with Crippen molar-refractivity contribution in [1.29, 1.82) is 0 Å². The fraction of sp³-hybridized carbons (Fsp3) is 0.542. The highest BCUT2D eigenvalue weighted by Gasteiger charge is 2.28. The minimum absolute atomic E-state index is 0.0518. The van der Waals surface area contributed by atoms with Gasteiger partial charge in [0.1, 0.15) is 4.11 Å². The molecular weight excluding hydrogens is 531 g/mol. The van der Waals surface area contributed by atoms with Gasteiger partial charge in [0.2, 0.25) is 11.5 Å². The van der Waals surface area contributed by atoms with Crippen LogP contribution in [0.2, 0.25) is 5.02 Å². The molecule has 0 saturated carbocycles. The van der Waals surface area contributed by atoms with Crippen molar-refractivity contribution in [2.45, 2.75) is 83.5 Å². The van der Waals surface area contributed by atoms with Crippen LogP contribution in [0.25, 0.3) is 10.8 Å². The monoisotopic (exact) mass is 562 g/mol. The number of hydrogen-bond acceptors (Lipinski definition) is 5. The summed E-state index contributed by atoms with van der Waals surface area (Å²) in [5.41, 5.74) is 0. The van der Waals surface area contributed by atoms with Crippen LogP contribution in [0, 0.1) is 0 Å². The molecule has 7 heteroatoms. The van der Waals surface area contributed by atoms with Gasteiger partial charge in [-0.2, -0.15) is 0 Å².